The fourth-order valence-electron chi connectivity index (χ4n) is 7.78. The summed E-state index contributed by atoms with van der Waals surface area (Å²) in [6.45, 7) is 4.55. The van der Waals surface area contributed by atoms with Gasteiger partial charge in [0, 0.05) is 6.42 Å². The summed E-state index contributed by atoms with van der Waals surface area (Å²) in [5.41, 5.74) is 0. The smallest absolute Gasteiger partial charge is 0.267 e. The van der Waals surface area contributed by atoms with Gasteiger partial charge in [0.1, 0.15) is 0 Å². The summed E-state index contributed by atoms with van der Waals surface area (Å²) in [7, 11) is -4.36. The van der Waals surface area contributed by atoms with Gasteiger partial charge < -0.3 is 10.4 Å². The number of aliphatic hydroxyl groups is 1. The normalized spacial score (nSPS) is 13.4. The van der Waals surface area contributed by atoms with Gasteiger partial charge in [-0.05, 0) is 44.9 Å². The van der Waals surface area contributed by atoms with E-state index in [0.29, 0.717) is 6.42 Å². The number of nitrogens with one attached hydrogen (secondary N) is 1. The van der Waals surface area contributed by atoms with Gasteiger partial charge in [-0.15, -0.1) is 0 Å². The molecule has 2 unspecified atom stereocenters. The van der Waals surface area contributed by atoms with E-state index < -0.39 is 28.0 Å². The van der Waals surface area contributed by atoms with Crippen molar-refractivity contribution in [1.82, 2.24) is 5.32 Å². The minimum absolute atomic E-state index is 0.287. The summed E-state index contributed by atoms with van der Waals surface area (Å²) in [5.74, 6) is -0.999. The molecule has 0 aliphatic heterocycles. The summed E-state index contributed by atoms with van der Waals surface area (Å²) in [5, 5.41) is 13.3. The molecule has 0 aliphatic carbocycles. The van der Waals surface area contributed by atoms with Crippen molar-refractivity contribution in [1.29, 1.82) is 0 Å². The second-order valence-electron chi connectivity index (χ2n) is 17.4. The van der Waals surface area contributed by atoms with Crippen molar-refractivity contribution >= 4 is 16.0 Å². The van der Waals surface area contributed by atoms with E-state index in [0.717, 1.165) is 38.5 Å². The Morgan fingerprint density at radius 2 is 0.741 bits per heavy atom. The second kappa shape index (κ2) is 45.1. The van der Waals surface area contributed by atoms with Crippen molar-refractivity contribution in [2.45, 2.75) is 276 Å². The Kier molecular flexibility index (Phi) is 44.0. The molecule has 0 fully saturated rings. The molecular formula is C51H97NO5S. The summed E-state index contributed by atoms with van der Waals surface area (Å²) >= 11 is 0. The van der Waals surface area contributed by atoms with Gasteiger partial charge >= 0.3 is 0 Å². The third kappa shape index (κ3) is 45.6. The highest BCUT2D eigenvalue weighted by Crippen LogP contribution is 2.16. The highest BCUT2D eigenvalue weighted by atomic mass is 32.2. The Morgan fingerprint density at radius 3 is 1.09 bits per heavy atom. The second-order valence-corrected chi connectivity index (χ2v) is 18.9. The molecule has 0 aromatic carbocycles. The fraction of sp³-hybridized carbons (Fsp3) is 0.863. The molecule has 342 valence electrons. The van der Waals surface area contributed by atoms with Crippen LogP contribution in [0.3, 0.4) is 0 Å². The standard InChI is InChI=1S/C51H97NO5S/c1-3-5-7-9-11-13-15-17-19-21-23-25-26-27-29-31-33-35-37-39-41-43-45-47-51(54)52-49(48-58(55,56)57)50(53)46-44-42-40-38-36-34-32-30-28-24-22-20-18-16-14-12-10-8-6-4-2/h28,30,36,38,44,46,49-50,53H,3-27,29,31-35,37,39-43,45,47-48H2,1-2H3,(H,52,54)(H,55,56,57)/b30-28+,38-36+,46-44+. The Bertz CT molecular complexity index is 1060. The van der Waals surface area contributed by atoms with Gasteiger partial charge in [0.05, 0.1) is 17.9 Å². The first kappa shape index (κ1) is 56.6. The number of allylic oxidation sites excluding steroid dienone is 5. The minimum Gasteiger partial charge on any atom is -0.387 e. The maximum atomic E-state index is 12.6. The topological polar surface area (TPSA) is 104 Å². The van der Waals surface area contributed by atoms with Crippen LogP contribution in [0, 0.1) is 0 Å². The fourth-order valence-corrected chi connectivity index (χ4v) is 8.51. The van der Waals surface area contributed by atoms with Crippen LogP contribution in [0.4, 0.5) is 0 Å². The van der Waals surface area contributed by atoms with Crippen LogP contribution in [0.15, 0.2) is 36.5 Å². The molecule has 6 nitrogen and oxygen atoms in total. The van der Waals surface area contributed by atoms with Crippen LogP contribution in [0.25, 0.3) is 0 Å². The third-order valence-corrected chi connectivity index (χ3v) is 12.3. The number of unbranched alkanes of at least 4 members (excludes halogenated alkanes) is 34. The number of carbonyl (C=O) groups is 1. The predicted octanol–water partition coefficient (Wildman–Crippen LogP) is 15.6. The first-order valence-electron chi connectivity index (χ1n) is 25.2. The highest BCUT2D eigenvalue weighted by molar-refractivity contribution is 7.85. The minimum atomic E-state index is -4.36. The Morgan fingerprint density at radius 1 is 0.448 bits per heavy atom. The molecule has 0 aromatic heterocycles. The van der Waals surface area contributed by atoms with E-state index in [4.69, 9.17) is 0 Å². The molecule has 7 heteroatoms. The summed E-state index contributed by atoms with van der Waals surface area (Å²) in [6, 6.07) is -1.08. The molecule has 2 atom stereocenters. The molecule has 0 saturated carbocycles. The zero-order valence-electron chi connectivity index (χ0n) is 38.4. The van der Waals surface area contributed by atoms with Crippen LogP contribution >= 0.6 is 0 Å². The number of amides is 1. The van der Waals surface area contributed by atoms with E-state index in [9.17, 15) is 22.9 Å². The van der Waals surface area contributed by atoms with Crippen LogP contribution in [0.1, 0.15) is 264 Å². The molecule has 3 N–H and O–H groups in total. The maximum Gasteiger partial charge on any atom is 0.267 e. The number of hydrogen-bond donors (Lipinski definition) is 3. The molecule has 0 radical (unpaired) electrons. The van der Waals surface area contributed by atoms with Gasteiger partial charge in [-0.3, -0.25) is 9.35 Å². The van der Waals surface area contributed by atoms with Gasteiger partial charge in [0.25, 0.3) is 10.1 Å². The van der Waals surface area contributed by atoms with Crippen molar-refractivity contribution in [3.63, 3.8) is 0 Å². The summed E-state index contributed by atoms with van der Waals surface area (Å²) < 4.78 is 32.6. The zero-order valence-corrected chi connectivity index (χ0v) is 39.2. The predicted molar refractivity (Wildman–Crippen MR) is 253 cm³/mol. The molecule has 1 amide bonds. The van der Waals surface area contributed by atoms with E-state index in [-0.39, 0.29) is 12.3 Å². The average molecular weight is 836 g/mol. The molecule has 0 aromatic rings. The Hall–Kier alpha value is -1.44. The van der Waals surface area contributed by atoms with Crippen molar-refractivity contribution in [2.24, 2.45) is 0 Å². The number of carbonyl (C=O) groups excluding carboxylic acids is 1. The number of rotatable bonds is 46. The third-order valence-electron chi connectivity index (χ3n) is 11.5. The van der Waals surface area contributed by atoms with E-state index in [2.05, 4.69) is 43.5 Å². The van der Waals surface area contributed by atoms with Crippen molar-refractivity contribution < 1.29 is 22.9 Å². The molecule has 0 rings (SSSR count). The molecule has 0 spiro atoms. The average Bonchev–Trinajstić information content (AvgIpc) is 3.19. The number of aliphatic hydroxyl groups excluding tert-OH is 1. The first-order valence-corrected chi connectivity index (χ1v) is 26.8. The molecule has 58 heavy (non-hydrogen) atoms. The van der Waals surface area contributed by atoms with Gasteiger partial charge in [-0.1, -0.05) is 249 Å². The van der Waals surface area contributed by atoms with Gasteiger partial charge in [0.2, 0.25) is 5.91 Å². The largest absolute Gasteiger partial charge is 0.387 e. The van der Waals surface area contributed by atoms with Crippen LogP contribution in [-0.2, 0) is 14.9 Å². The van der Waals surface area contributed by atoms with Crippen LogP contribution < -0.4 is 5.32 Å². The molecular weight excluding hydrogens is 739 g/mol. The SMILES string of the molecule is CCCCCCCCCCCC/C=C/CC/C=C/CC/C=C/C(O)C(CS(=O)(=O)O)NC(=O)CCCCCCCCCCCCCCCCCCCCCCCCC. The highest BCUT2D eigenvalue weighted by Gasteiger charge is 2.24. The molecule has 0 bridgehead atoms. The van der Waals surface area contributed by atoms with Gasteiger partial charge in [-0.2, -0.15) is 8.42 Å². The van der Waals surface area contributed by atoms with E-state index in [1.54, 1.807) is 0 Å². The first-order chi connectivity index (χ1) is 28.3. The van der Waals surface area contributed by atoms with Crippen LogP contribution in [0.5, 0.6) is 0 Å². The van der Waals surface area contributed by atoms with Crippen LogP contribution in [-0.4, -0.2) is 41.9 Å². The Balaban J connectivity index is 3.83. The maximum absolute atomic E-state index is 12.6. The van der Waals surface area contributed by atoms with Crippen LogP contribution in [0.2, 0.25) is 0 Å². The zero-order chi connectivity index (χ0) is 42.5. The van der Waals surface area contributed by atoms with E-state index in [1.165, 1.54) is 205 Å². The van der Waals surface area contributed by atoms with E-state index >= 15 is 0 Å². The Labute approximate surface area is 361 Å². The molecule has 0 saturated heterocycles. The lowest BCUT2D eigenvalue weighted by atomic mass is 10.0. The summed E-state index contributed by atoms with van der Waals surface area (Å²) in [6.07, 6.45) is 60.1. The quantitative estimate of drug-likeness (QED) is 0.0322. The number of hydrogen-bond acceptors (Lipinski definition) is 4. The van der Waals surface area contributed by atoms with Crippen molar-refractivity contribution in [3.05, 3.63) is 36.5 Å². The van der Waals surface area contributed by atoms with Crippen molar-refractivity contribution in [2.75, 3.05) is 5.75 Å². The van der Waals surface area contributed by atoms with Gasteiger partial charge in [0.15, 0.2) is 0 Å². The lowest BCUT2D eigenvalue weighted by Gasteiger charge is -2.21. The lowest BCUT2D eigenvalue weighted by molar-refractivity contribution is -0.122. The molecule has 0 aliphatic rings. The van der Waals surface area contributed by atoms with Gasteiger partial charge in [-0.25, -0.2) is 0 Å². The lowest BCUT2D eigenvalue weighted by Crippen LogP contribution is -2.46. The monoisotopic (exact) mass is 836 g/mol. The summed E-state index contributed by atoms with van der Waals surface area (Å²) in [4.78, 5) is 12.6. The van der Waals surface area contributed by atoms with E-state index in [1.807, 2.05) is 6.08 Å². The molecule has 0 heterocycles. The van der Waals surface area contributed by atoms with Crippen molar-refractivity contribution in [3.8, 4) is 0 Å².